The summed E-state index contributed by atoms with van der Waals surface area (Å²) in [6, 6.07) is 20.6. The zero-order valence-corrected chi connectivity index (χ0v) is 16.4. The Morgan fingerprint density at radius 2 is 1.67 bits per heavy atom. The Kier molecular flexibility index (Phi) is 4.37. The molecular formula is C23H15N3O3S. The molecule has 6 nitrogen and oxygen atoms in total. The number of carbonyl (C=O) groups excluding carboxylic acids is 2. The number of carbonyl (C=O) groups is 2. The average Bonchev–Trinajstić information content (AvgIpc) is 3.33. The molecule has 1 amide bonds. The van der Waals surface area contributed by atoms with Gasteiger partial charge in [-0.15, -0.1) is 0 Å². The lowest BCUT2D eigenvalue weighted by atomic mass is 9.98. The highest BCUT2D eigenvalue weighted by molar-refractivity contribution is 7.22. The molecule has 0 spiro atoms. The van der Waals surface area contributed by atoms with Gasteiger partial charge in [-0.1, -0.05) is 59.9 Å². The maximum atomic E-state index is 13.1. The molecule has 1 unspecified atom stereocenters. The molecule has 0 saturated carbocycles. The Balaban J connectivity index is 1.74. The van der Waals surface area contributed by atoms with E-state index in [4.69, 9.17) is 0 Å². The first-order valence-electron chi connectivity index (χ1n) is 9.28. The number of aromatic nitrogens is 2. The van der Waals surface area contributed by atoms with Gasteiger partial charge in [-0.2, -0.15) is 0 Å². The van der Waals surface area contributed by atoms with Gasteiger partial charge in [-0.05, 0) is 24.3 Å². The number of aliphatic hydroxyl groups is 1. The van der Waals surface area contributed by atoms with Gasteiger partial charge in [0.2, 0.25) is 0 Å². The number of para-hydroxylation sites is 1. The molecule has 1 atom stereocenters. The summed E-state index contributed by atoms with van der Waals surface area (Å²) >= 11 is 1.32. The fraction of sp³-hybridized carbons (Fsp3) is 0.0435. The quantitative estimate of drug-likeness (QED) is 0.307. The van der Waals surface area contributed by atoms with E-state index in [1.807, 2.05) is 30.3 Å². The summed E-state index contributed by atoms with van der Waals surface area (Å²) in [5.74, 6) is -1.72. The Bertz CT molecular complexity index is 1270. The summed E-state index contributed by atoms with van der Waals surface area (Å²) in [5.41, 5.74) is 1.68. The van der Waals surface area contributed by atoms with E-state index in [0.717, 1.165) is 10.2 Å². The number of hydrogen-bond donors (Lipinski definition) is 1. The summed E-state index contributed by atoms with van der Waals surface area (Å²) in [6.45, 7) is 0. The van der Waals surface area contributed by atoms with Crippen molar-refractivity contribution in [1.29, 1.82) is 0 Å². The van der Waals surface area contributed by atoms with Gasteiger partial charge in [0, 0.05) is 11.8 Å². The van der Waals surface area contributed by atoms with Crippen LogP contribution in [0.3, 0.4) is 0 Å². The average molecular weight is 413 g/mol. The van der Waals surface area contributed by atoms with Gasteiger partial charge in [0.05, 0.1) is 21.5 Å². The van der Waals surface area contributed by atoms with Crippen LogP contribution in [-0.2, 0) is 9.59 Å². The van der Waals surface area contributed by atoms with Crippen molar-refractivity contribution >= 4 is 44.1 Å². The number of anilines is 1. The number of hydrogen-bond acceptors (Lipinski definition) is 6. The number of fused-ring (bicyclic) bond motifs is 1. The third-order valence-corrected chi connectivity index (χ3v) is 5.98. The minimum atomic E-state index is -0.869. The fourth-order valence-electron chi connectivity index (χ4n) is 3.56. The van der Waals surface area contributed by atoms with Gasteiger partial charge >= 0.3 is 5.91 Å². The van der Waals surface area contributed by atoms with E-state index in [2.05, 4.69) is 9.97 Å². The summed E-state index contributed by atoms with van der Waals surface area (Å²) in [7, 11) is 0. The van der Waals surface area contributed by atoms with Crippen LogP contribution < -0.4 is 4.90 Å². The Hall–Kier alpha value is -3.84. The number of benzene rings is 2. The van der Waals surface area contributed by atoms with E-state index in [0.29, 0.717) is 16.4 Å². The second-order valence-electron chi connectivity index (χ2n) is 6.75. The second-order valence-corrected chi connectivity index (χ2v) is 7.76. The number of nitrogens with zero attached hydrogens (tertiary/aromatic N) is 3. The number of aliphatic hydroxyl groups excluding tert-OH is 1. The molecule has 1 aliphatic heterocycles. The molecule has 1 fully saturated rings. The van der Waals surface area contributed by atoms with Crippen LogP contribution in [0, 0.1) is 0 Å². The molecule has 0 bridgehead atoms. The summed E-state index contributed by atoms with van der Waals surface area (Å²) in [4.78, 5) is 36.4. The second kappa shape index (κ2) is 7.20. The lowest BCUT2D eigenvalue weighted by molar-refractivity contribution is -0.132. The molecule has 0 aliphatic carbocycles. The highest BCUT2D eigenvalue weighted by Crippen LogP contribution is 2.43. The van der Waals surface area contributed by atoms with Crippen molar-refractivity contribution in [2.75, 3.05) is 4.90 Å². The number of pyridine rings is 1. The zero-order valence-electron chi connectivity index (χ0n) is 15.6. The zero-order chi connectivity index (χ0) is 20.7. The van der Waals surface area contributed by atoms with Crippen LogP contribution in [0.25, 0.3) is 16.0 Å². The monoisotopic (exact) mass is 413 g/mol. The SMILES string of the molecule is O=C1C(=O)N(c2nc3ccccc3s2)C(c2ccccn2)/C1=C(\O)c1ccccc1. The molecule has 0 radical (unpaired) electrons. The van der Waals surface area contributed by atoms with Gasteiger partial charge in [0.15, 0.2) is 5.13 Å². The first-order chi connectivity index (χ1) is 14.6. The molecule has 146 valence electrons. The summed E-state index contributed by atoms with van der Waals surface area (Å²) < 4.78 is 0.900. The Morgan fingerprint density at radius 1 is 0.933 bits per heavy atom. The van der Waals surface area contributed by atoms with E-state index < -0.39 is 17.7 Å². The third-order valence-electron chi connectivity index (χ3n) is 4.95. The van der Waals surface area contributed by atoms with Crippen LogP contribution in [0.1, 0.15) is 17.3 Å². The van der Waals surface area contributed by atoms with Gasteiger partial charge in [0.1, 0.15) is 11.8 Å². The summed E-state index contributed by atoms with van der Waals surface area (Å²) in [6.07, 6.45) is 1.59. The Morgan fingerprint density at radius 3 is 2.40 bits per heavy atom. The topological polar surface area (TPSA) is 83.4 Å². The molecule has 3 heterocycles. The highest BCUT2D eigenvalue weighted by Gasteiger charge is 2.48. The molecular weight excluding hydrogens is 398 g/mol. The minimum absolute atomic E-state index is 0.00385. The van der Waals surface area contributed by atoms with Crippen LogP contribution in [-0.4, -0.2) is 26.8 Å². The van der Waals surface area contributed by atoms with Gasteiger partial charge < -0.3 is 5.11 Å². The van der Waals surface area contributed by atoms with Crippen LogP contribution in [0.2, 0.25) is 0 Å². The van der Waals surface area contributed by atoms with Gasteiger partial charge in [0.25, 0.3) is 5.78 Å². The minimum Gasteiger partial charge on any atom is -0.507 e. The molecule has 1 aliphatic rings. The normalized spacial score (nSPS) is 18.3. The first kappa shape index (κ1) is 18.2. The van der Waals surface area contributed by atoms with E-state index in [1.165, 1.54) is 16.2 Å². The number of thiazole rings is 1. The Labute approximate surface area is 175 Å². The molecule has 30 heavy (non-hydrogen) atoms. The fourth-order valence-corrected chi connectivity index (χ4v) is 4.55. The lowest BCUT2D eigenvalue weighted by Gasteiger charge is -2.21. The molecule has 1 N–H and O–H groups in total. The van der Waals surface area contributed by atoms with Crippen molar-refractivity contribution in [2.45, 2.75) is 6.04 Å². The maximum Gasteiger partial charge on any atom is 0.301 e. The molecule has 5 rings (SSSR count). The number of ketones is 1. The van der Waals surface area contributed by atoms with Crippen molar-refractivity contribution < 1.29 is 14.7 Å². The lowest BCUT2D eigenvalue weighted by Crippen LogP contribution is -2.29. The van der Waals surface area contributed by atoms with E-state index in [-0.39, 0.29) is 11.3 Å². The smallest absolute Gasteiger partial charge is 0.301 e. The molecule has 1 saturated heterocycles. The van der Waals surface area contributed by atoms with Crippen LogP contribution >= 0.6 is 11.3 Å². The number of amides is 1. The van der Waals surface area contributed by atoms with Crippen LogP contribution in [0.4, 0.5) is 5.13 Å². The van der Waals surface area contributed by atoms with E-state index >= 15 is 0 Å². The van der Waals surface area contributed by atoms with Crippen molar-refractivity contribution in [3.8, 4) is 0 Å². The standard InChI is InChI=1S/C23H15N3O3S/c27-20(14-8-2-1-3-9-14)18-19(16-11-6-7-13-24-16)26(22(29)21(18)28)23-25-15-10-4-5-12-17(15)30-23/h1-13,19,27H/b20-18+. The highest BCUT2D eigenvalue weighted by atomic mass is 32.1. The predicted octanol–water partition coefficient (Wildman–Crippen LogP) is 4.32. The number of rotatable bonds is 3. The predicted molar refractivity (Wildman–Crippen MR) is 115 cm³/mol. The van der Waals surface area contributed by atoms with Crippen LogP contribution in [0.15, 0.2) is 84.6 Å². The van der Waals surface area contributed by atoms with E-state index in [9.17, 15) is 14.7 Å². The third kappa shape index (κ3) is 2.87. The molecule has 4 aromatic rings. The largest absolute Gasteiger partial charge is 0.507 e. The summed E-state index contributed by atoms with van der Waals surface area (Å²) in [5, 5.41) is 11.4. The van der Waals surface area contributed by atoms with Crippen molar-refractivity contribution in [3.63, 3.8) is 0 Å². The molecule has 7 heteroatoms. The van der Waals surface area contributed by atoms with Crippen LogP contribution in [0.5, 0.6) is 0 Å². The van der Waals surface area contributed by atoms with Crippen molar-refractivity contribution in [1.82, 2.24) is 9.97 Å². The molecule has 2 aromatic carbocycles. The van der Waals surface area contributed by atoms with Gasteiger partial charge in [-0.3, -0.25) is 19.5 Å². The maximum absolute atomic E-state index is 13.1. The van der Waals surface area contributed by atoms with Gasteiger partial charge in [-0.25, -0.2) is 4.98 Å². The van der Waals surface area contributed by atoms with E-state index in [1.54, 1.807) is 48.7 Å². The number of Topliss-reactive ketones (excluding diaryl/α,β-unsaturated/α-hetero) is 1. The first-order valence-corrected chi connectivity index (χ1v) is 10.1. The van der Waals surface area contributed by atoms with Crippen molar-refractivity contribution in [3.05, 3.63) is 95.8 Å². The molecule has 2 aromatic heterocycles. The van der Waals surface area contributed by atoms with Crippen molar-refractivity contribution in [2.24, 2.45) is 0 Å².